The van der Waals surface area contributed by atoms with E-state index in [0.717, 1.165) is 0 Å². The van der Waals surface area contributed by atoms with E-state index in [1.807, 2.05) is 0 Å². The van der Waals surface area contributed by atoms with Crippen molar-refractivity contribution in [1.29, 1.82) is 0 Å². The molecule has 0 spiro atoms. The zero-order valence-electron chi connectivity index (χ0n) is 8.38. The number of benzene rings is 1. The summed E-state index contributed by atoms with van der Waals surface area (Å²) in [6.07, 6.45) is 1.52. The Bertz CT molecular complexity index is 509. The van der Waals surface area contributed by atoms with Gasteiger partial charge in [-0.25, -0.2) is 0 Å². The molecule has 0 aliphatic carbocycles. The molecule has 7 heteroatoms. The fraction of sp³-hybridized carbons (Fsp3) is 0.111. The van der Waals surface area contributed by atoms with Crippen LogP contribution in [0.2, 0.25) is 0 Å². The van der Waals surface area contributed by atoms with Crippen LogP contribution >= 0.6 is 0 Å². The van der Waals surface area contributed by atoms with Crippen molar-refractivity contribution in [3.8, 4) is 17.0 Å². The number of nitrogens with zero attached hydrogens (tertiary/aromatic N) is 3. The number of H-pyrrole nitrogens is 1. The van der Waals surface area contributed by atoms with Crippen LogP contribution in [0, 0.1) is 10.1 Å². The normalized spacial score (nSPS) is 10.1. The lowest BCUT2D eigenvalue weighted by atomic mass is 10.1. The van der Waals surface area contributed by atoms with Gasteiger partial charge in [-0.05, 0) is 6.07 Å². The first-order valence-electron chi connectivity index (χ1n) is 4.41. The van der Waals surface area contributed by atoms with E-state index in [1.165, 1.54) is 25.4 Å². The molecule has 0 aliphatic heterocycles. The molecule has 1 aromatic carbocycles. The monoisotopic (exact) mass is 220 g/mol. The molecule has 0 fully saturated rings. The van der Waals surface area contributed by atoms with Crippen LogP contribution in [-0.2, 0) is 0 Å². The quantitative estimate of drug-likeness (QED) is 0.623. The lowest BCUT2D eigenvalue weighted by Gasteiger charge is -2.04. The first-order chi connectivity index (χ1) is 7.72. The summed E-state index contributed by atoms with van der Waals surface area (Å²) in [7, 11) is 1.45. The van der Waals surface area contributed by atoms with Crippen molar-refractivity contribution in [1.82, 2.24) is 15.4 Å². The number of nitro benzene ring substituents is 1. The van der Waals surface area contributed by atoms with Gasteiger partial charge < -0.3 is 4.74 Å². The van der Waals surface area contributed by atoms with Crippen LogP contribution in [0.5, 0.6) is 5.75 Å². The number of hydrogen-bond donors (Lipinski definition) is 1. The second-order valence-electron chi connectivity index (χ2n) is 3.00. The molecule has 0 unspecified atom stereocenters. The maximum atomic E-state index is 10.6. The lowest BCUT2D eigenvalue weighted by Crippen LogP contribution is -1.92. The Morgan fingerprint density at radius 3 is 2.88 bits per heavy atom. The molecule has 0 aliphatic rings. The van der Waals surface area contributed by atoms with E-state index in [4.69, 9.17) is 4.74 Å². The highest BCUT2D eigenvalue weighted by Crippen LogP contribution is 2.31. The average Bonchev–Trinajstić information content (AvgIpc) is 2.81. The second kappa shape index (κ2) is 3.97. The van der Waals surface area contributed by atoms with E-state index in [9.17, 15) is 10.1 Å². The summed E-state index contributed by atoms with van der Waals surface area (Å²) >= 11 is 0. The standard InChI is InChI=1S/C9H8N4O3/c1-16-9-4-6(13(14)15)2-3-7(9)8-5-10-12-11-8/h2-5H,1H3,(H,10,11,12). The Morgan fingerprint density at radius 1 is 1.50 bits per heavy atom. The highest BCUT2D eigenvalue weighted by atomic mass is 16.6. The maximum absolute atomic E-state index is 10.6. The van der Waals surface area contributed by atoms with Crippen molar-refractivity contribution in [3.63, 3.8) is 0 Å². The fourth-order valence-electron chi connectivity index (χ4n) is 1.34. The third-order valence-corrected chi connectivity index (χ3v) is 2.09. The Labute approximate surface area is 90.2 Å². The van der Waals surface area contributed by atoms with Gasteiger partial charge in [0.2, 0.25) is 0 Å². The summed E-state index contributed by atoms with van der Waals surface area (Å²) in [6, 6.07) is 4.32. The molecular weight excluding hydrogens is 212 g/mol. The first kappa shape index (κ1) is 10.1. The van der Waals surface area contributed by atoms with Crippen molar-refractivity contribution in [2.75, 3.05) is 7.11 Å². The van der Waals surface area contributed by atoms with Gasteiger partial charge in [-0.2, -0.15) is 15.4 Å². The number of aromatic amines is 1. The van der Waals surface area contributed by atoms with Crippen molar-refractivity contribution in [2.45, 2.75) is 0 Å². The summed E-state index contributed by atoms with van der Waals surface area (Å²) < 4.78 is 5.07. The summed E-state index contributed by atoms with van der Waals surface area (Å²) in [4.78, 5) is 10.1. The summed E-state index contributed by atoms with van der Waals surface area (Å²) in [5, 5.41) is 20.6. The predicted octanol–water partition coefficient (Wildman–Crippen LogP) is 1.39. The van der Waals surface area contributed by atoms with Gasteiger partial charge in [0, 0.05) is 11.6 Å². The number of rotatable bonds is 3. The molecule has 0 atom stereocenters. The number of nitrogens with one attached hydrogen (secondary N) is 1. The zero-order valence-corrected chi connectivity index (χ0v) is 8.38. The third kappa shape index (κ3) is 1.70. The number of ether oxygens (including phenoxy) is 1. The minimum absolute atomic E-state index is 0.0240. The van der Waals surface area contributed by atoms with E-state index in [2.05, 4.69) is 15.4 Å². The van der Waals surface area contributed by atoms with Crippen molar-refractivity contribution < 1.29 is 9.66 Å². The number of nitro groups is 1. The summed E-state index contributed by atoms with van der Waals surface area (Å²) in [5.41, 5.74) is 1.21. The molecule has 2 aromatic rings. The van der Waals surface area contributed by atoms with Crippen molar-refractivity contribution in [3.05, 3.63) is 34.5 Å². The molecule has 0 bridgehead atoms. The van der Waals surface area contributed by atoms with E-state index in [0.29, 0.717) is 17.0 Å². The summed E-state index contributed by atoms with van der Waals surface area (Å²) in [5.74, 6) is 0.392. The molecule has 1 heterocycles. The SMILES string of the molecule is COc1cc([N+](=O)[O-])ccc1-c1cn[nH]n1. The highest BCUT2D eigenvalue weighted by Gasteiger charge is 2.13. The zero-order chi connectivity index (χ0) is 11.5. The smallest absolute Gasteiger partial charge is 0.273 e. The first-order valence-corrected chi connectivity index (χ1v) is 4.41. The molecule has 2 rings (SSSR count). The van der Waals surface area contributed by atoms with Crippen LogP contribution < -0.4 is 4.74 Å². The van der Waals surface area contributed by atoms with Gasteiger partial charge in [-0.15, -0.1) is 0 Å². The molecule has 0 amide bonds. The Hall–Kier alpha value is -2.44. The molecule has 0 saturated carbocycles. The lowest BCUT2D eigenvalue weighted by molar-refractivity contribution is -0.384. The van der Waals surface area contributed by atoms with E-state index in [1.54, 1.807) is 6.07 Å². The number of aromatic nitrogens is 3. The van der Waals surface area contributed by atoms with Gasteiger partial charge >= 0.3 is 0 Å². The number of methoxy groups -OCH3 is 1. The van der Waals surface area contributed by atoms with Crippen LogP contribution in [0.15, 0.2) is 24.4 Å². The highest BCUT2D eigenvalue weighted by molar-refractivity contribution is 5.68. The van der Waals surface area contributed by atoms with Gasteiger partial charge in [0.25, 0.3) is 5.69 Å². The molecule has 1 N–H and O–H groups in total. The number of non-ortho nitro benzene ring substituents is 1. The fourth-order valence-corrected chi connectivity index (χ4v) is 1.34. The maximum Gasteiger partial charge on any atom is 0.273 e. The van der Waals surface area contributed by atoms with Gasteiger partial charge in [0.1, 0.15) is 11.4 Å². The van der Waals surface area contributed by atoms with Gasteiger partial charge in [-0.3, -0.25) is 10.1 Å². The van der Waals surface area contributed by atoms with Crippen molar-refractivity contribution >= 4 is 5.69 Å². The molecule has 82 valence electrons. The minimum atomic E-state index is -0.477. The van der Waals surface area contributed by atoms with Gasteiger partial charge in [0.15, 0.2) is 0 Å². The van der Waals surface area contributed by atoms with E-state index in [-0.39, 0.29) is 5.69 Å². The Balaban J connectivity index is 2.51. The van der Waals surface area contributed by atoms with Crippen LogP contribution in [0.25, 0.3) is 11.3 Å². The Morgan fingerprint density at radius 2 is 2.31 bits per heavy atom. The van der Waals surface area contributed by atoms with Crippen LogP contribution in [0.4, 0.5) is 5.69 Å². The van der Waals surface area contributed by atoms with E-state index < -0.39 is 4.92 Å². The van der Waals surface area contributed by atoms with Crippen LogP contribution in [0.1, 0.15) is 0 Å². The van der Waals surface area contributed by atoms with Crippen LogP contribution in [-0.4, -0.2) is 27.4 Å². The van der Waals surface area contributed by atoms with E-state index >= 15 is 0 Å². The Kier molecular flexibility index (Phi) is 2.50. The molecule has 0 radical (unpaired) electrons. The average molecular weight is 220 g/mol. The predicted molar refractivity (Wildman–Crippen MR) is 55.0 cm³/mol. The molecular formula is C9H8N4O3. The van der Waals surface area contributed by atoms with Gasteiger partial charge in [0.05, 0.1) is 24.3 Å². The molecule has 1 aromatic heterocycles. The van der Waals surface area contributed by atoms with Crippen LogP contribution in [0.3, 0.4) is 0 Å². The molecule has 0 saturated heterocycles. The topological polar surface area (TPSA) is 93.9 Å². The molecule has 7 nitrogen and oxygen atoms in total. The minimum Gasteiger partial charge on any atom is -0.496 e. The number of hydrogen-bond acceptors (Lipinski definition) is 5. The largest absolute Gasteiger partial charge is 0.496 e. The van der Waals surface area contributed by atoms with Gasteiger partial charge in [-0.1, -0.05) is 0 Å². The third-order valence-electron chi connectivity index (χ3n) is 2.09. The second-order valence-corrected chi connectivity index (χ2v) is 3.00. The summed E-state index contributed by atoms with van der Waals surface area (Å²) in [6.45, 7) is 0. The molecule has 16 heavy (non-hydrogen) atoms. The van der Waals surface area contributed by atoms with Crippen molar-refractivity contribution in [2.24, 2.45) is 0 Å².